The molecule has 40 heavy (non-hydrogen) atoms. The van der Waals surface area contributed by atoms with Crippen molar-refractivity contribution in [2.45, 2.75) is 43.0 Å². The van der Waals surface area contributed by atoms with Crippen molar-refractivity contribution in [2.75, 3.05) is 32.9 Å². The summed E-state index contributed by atoms with van der Waals surface area (Å²) in [5.41, 5.74) is 2.26. The zero-order valence-corrected chi connectivity index (χ0v) is 26.3. The number of morpholine rings is 1. The van der Waals surface area contributed by atoms with E-state index in [2.05, 4.69) is 25.4 Å². The van der Waals surface area contributed by atoms with Crippen LogP contribution in [0.15, 0.2) is 33.6 Å². The molecule has 1 aliphatic heterocycles. The van der Waals surface area contributed by atoms with Gasteiger partial charge in [0.05, 0.1) is 45.4 Å². The van der Waals surface area contributed by atoms with Gasteiger partial charge in [-0.1, -0.05) is 29.3 Å². The molecule has 0 radical (unpaired) electrons. The molecule has 8 nitrogen and oxygen atoms in total. The minimum absolute atomic E-state index is 0. The first kappa shape index (κ1) is 31.3. The van der Waals surface area contributed by atoms with Crippen LogP contribution in [-0.2, 0) is 26.5 Å². The number of fused-ring (bicyclic) bond motifs is 1. The third-order valence-electron chi connectivity index (χ3n) is 6.73. The maximum absolute atomic E-state index is 13.7. The van der Waals surface area contributed by atoms with Gasteiger partial charge in [-0.3, -0.25) is 4.90 Å². The lowest BCUT2D eigenvalue weighted by atomic mass is 10.0. The molecule has 2 fully saturated rings. The monoisotopic (exact) mass is 692 g/mol. The summed E-state index contributed by atoms with van der Waals surface area (Å²) in [4.78, 5) is 28.8. The molecule has 0 amide bonds. The first-order chi connectivity index (χ1) is 18.8. The Morgan fingerprint density at radius 2 is 1.88 bits per heavy atom. The predicted molar refractivity (Wildman–Crippen MR) is 161 cm³/mol. The van der Waals surface area contributed by atoms with Gasteiger partial charge in [0, 0.05) is 53.0 Å². The number of thioether (sulfide) groups is 1. The molecule has 0 atom stereocenters. The number of esters is 1. The highest BCUT2D eigenvalue weighted by molar-refractivity contribution is 9.10. The second-order valence-electron chi connectivity index (χ2n) is 9.30. The second-order valence-corrected chi connectivity index (χ2v) is 12.0. The second kappa shape index (κ2) is 13.5. The van der Waals surface area contributed by atoms with Crippen molar-refractivity contribution in [1.29, 1.82) is 0 Å². The van der Waals surface area contributed by atoms with Crippen LogP contribution in [0.5, 0.6) is 5.75 Å². The Labute approximate surface area is 260 Å². The Hall–Kier alpha value is -1.66. The molecule has 2 heterocycles. The normalized spacial score (nSPS) is 15.6. The fraction of sp³-hybridized carbons (Fsp3) is 0.407. The van der Waals surface area contributed by atoms with Gasteiger partial charge in [0.15, 0.2) is 0 Å². The lowest BCUT2D eigenvalue weighted by molar-refractivity contribution is 0.0339. The molecule has 1 saturated carbocycles. The Balaban J connectivity index is 0.00000370. The van der Waals surface area contributed by atoms with Crippen molar-refractivity contribution in [1.82, 2.24) is 9.47 Å². The van der Waals surface area contributed by atoms with E-state index in [0.717, 1.165) is 18.4 Å². The van der Waals surface area contributed by atoms with Crippen molar-refractivity contribution in [3.8, 4) is 5.75 Å². The highest BCUT2D eigenvalue weighted by Gasteiger charge is 2.36. The Morgan fingerprint density at radius 1 is 1.20 bits per heavy atom. The number of phenols is 1. The number of carbonyl (C=O) groups excluding carboxylic acids is 2. The number of aromatic nitrogens is 1. The number of carbonyl (C=O) groups is 2. The van der Waals surface area contributed by atoms with E-state index in [9.17, 15) is 14.7 Å². The summed E-state index contributed by atoms with van der Waals surface area (Å²) < 4.78 is 18.2. The van der Waals surface area contributed by atoms with E-state index >= 15 is 0 Å². The first-order valence-corrected chi connectivity index (χ1v) is 15.2. The summed E-state index contributed by atoms with van der Waals surface area (Å²) in [5, 5.41) is 12.8. The number of halogens is 4. The number of rotatable bonds is 8. The minimum atomic E-state index is -1.07. The van der Waals surface area contributed by atoms with Crippen LogP contribution >= 0.6 is 63.3 Å². The summed E-state index contributed by atoms with van der Waals surface area (Å²) in [5.74, 6) is -0.457. The van der Waals surface area contributed by atoms with Gasteiger partial charge in [-0.25, -0.2) is 9.59 Å². The van der Waals surface area contributed by atoms with Gasteiger partial charge in [-0.15, -0.1) is 24.2 Å². The molecule has 216 valence electrons. The van der Waals surface area contributed by atoms with E-state index in [-0.39, 0.29) is 36.4 Å². The summed E-state index contributed by atoms with van der Waals surface area (Å²) >= 11 is 17.8. The van der Waals surface area contributed by atoms with Crippen LogP contribution in [0.25, 0.3) is 10.9 Å². The summed E-state index contributed by atoms with van der Waals surface area (Å²) in [6.07, 6.45) is 0.814. The largest absolute Gasteiger partial charge is 0.516 e. The van der Waals surface area contributed by atoms with Gasteiger partial charge in [-0.2, -0.15) is 0 Å². The maximum atomic E-state index is 13.7. The molecule has 0 bridgehead atoms. The van der Waals surface area contributed by atoms with Crippen LogP contribution in [0.3, 0.4) is 0 Å². The molecule has 2 aliphatic rings. The zero-order chi connectivity index (χ0) is 27.7. The molecular weight excluding hydrogens is 667 g/mol. The van der Waals surface area contributed by atoms with Crippen LogP contribution in [-0.4, -0.2) is 59.6 Å². The fourth-order valence-corrected chi connectivity index (χ4v) is 7.00. The van der Waals surface area contributed by atoms with Crippen molar-refractivity contribution >= 4 is 86.3 Å². The molecule has 5 rings (SSSR count). The number of benzene rings is 2. The summed E-state index contributed by atoms with van der Waals surface area (Å²) in [6.45, 7) is 4.64. The average Bonchev–Trinajstić information content (AvgIpc) is 3.69. The number of ether oxygens (including phenoxy) is 3. The third kappa shape index (κ3) is 6.53. The molecule has 1 saturated heterocycles. The van der Waals surface area contributed by atoms with E-state index < -0.39 is 12.1 Å². The smallest absolute Gasteiger partial charge is 0.506 e. The molecule has 0 unspecified atom stereocenters. The lowest BCUT2D eigenvalue weighted by Gasteiger charge is -2.27. The van der Waals surface area contributed by atoms with Gasteiger partial charge in [0.1, 0.15) is 5.75 Å². The van der Waals surface area contributed by atoms with Gasteiger partial charge in [-0.05, 0) is 53.9 Å². The molecule has 2 aromatic carbocycles. The predicted octanol–water partition coefficient (Wildman–Crippen LogP) is 7.61. The highest BCUT2D eigenvalue weighted by atomic mass is 79.9. The maximum Gasteiger partial charge on any atom is 0.516 e. The summed E-state index contributed by atoms with van der Waals surface area (Å²) in [6, 6.07) is 7.29. The van der Waals surface area contributed by atoms with Gasteiger partial charge < -0.3 is 23.9 Å². The standard InChI is InChI=1S/C27H27BrCl2N2O6S.ClH/c1-2-37-27(35)38-26(34)23-21(14-39-25-18(29)4-3-5-19(25)30)32(15-6-7-15)20-12-17(28)24(33)16(22(20)23)13-31-8-10-36-11-9-31;/h3-5,12,15,33H,2,6-11,13-14H2,1H3;1H. The van der Waals surface area contributed by atoms with Crippen LogP contribution in [0.2, 0.25) is 10.0 Å². The van der Waals surface area contributed by atoms with Gasteiger partial charge in [0.2, 0.25) is 0 Å². The number of hydrogen-bond donors (Lipinski definition) is 1. The van der Waals surface area contributed by atoms with Crippen LogP contribution < -0.4 is 0 Å². The van der Waals surface area contributed by atoms with Crippen molar-refractivity contribution in [2.24, 2.45) is 0 Å². The van der Waals surface area contributed by atoms with E-state index in [0.29, 0.717) is 74.7 Å². The van der Waals surface area contributed by atoms with Gasteiger partial charge >= 0.3 is 12.1 Å². The molecule has 3 aromatic rings. The van der Waals surface area contributed by atoms with Crippen LogP contribution in [0.1, 0.15) is 47.4 Å². The first-order valence-electron chi connectivity index (χ1n) is 12.6. The lowest BCUT2D eigenvalue weighted by Crippen LogP contribution is -2.35. The number of hydrogen-bond acceptors (Lipinski definition) is 8. The Kier molecular flexibility index (Phi) is 10.6. The Morgan fingerprint density at radius 3 is 2.50 bits per heavy atom. The molecule has 1 N–H and O–H groups in total. The van der Waals surface area contributed by atoms with E-state index in [1.165, 1.54) is 11.8 Å². The molecular formula is C27H28BrCl3N2O6S. The van der Waals surface area contributed by atoms with Crippen LogP contribution in [0.4, 0.5) is 4.79 Å². The van der Waals surface area contributed by atoms with E-state index in [1.807, 2.05) is 6.07 Å². The summed E-state index contributed by atoms with van der Waals surface area (Å²) in [7, 11) is 0. The van der Waals surface area contributed by atoms with Crippen LogP contribution in [0, 0.1) is 0 Å². The number of aromatic hydroxyl groups is 1. The SMILES string of the molecule is CCOC(=O)OC(=O)c1c(CSc2c(Cl)cccc2Cl)n(C2CC2)c2cc(Br)c(O)c(CN3CCOCC3)c12.Cl. The fourth-order valence-electron chi connectivity index (χ4n) is 4.84. The molecule has 0 spiro atoms. The van der Waals surface area contributed by atoms with Crippen molar-refractivity contribution < 1.29 is 28.9 Å². The molecule has 13 heteroatoms. The van der Waals surface area contributed by atoms with E-state index in [4.69, 9.17) is 37.4 Å². The minimum Gasteiger partial charge on any atom is -0.506 e. The van der Waals surface area contributed by atoms with Crippen molar-refractivity contribution in [3.63, 3.8) is 0 Å². The number of nitrogens with zero attached hydrogens (tertiary/aromatic N) is 2. The van der Waals surface area contributed by atoms with Crippen molar-refractivity contribution in [3.05, 3.63) is 55.6 Å². The average molecular weight is 695 g/mol. The number of phenolic OH excluding ortho intramolecular Hbond substituents is 1. The third-order valence-corrected chi connectivity index (χ3v) is 9.34. The Bertz CT molecular complexity index is 1410. The van der Waals surface area contributed by atoms with Gasteiger partial charge in [0.25, 0.3) is 0 Å². The van der Waals surface area contributed by atoms with E-state index in [1.54, 1.807) is 25.1 Å². The zero-order valence-electron chi connectivity index (χ0n) is 21.6. The quantitative estimate of drug-likeness (QED) is 0.147. The topological polar surface area (TPSA) is 90.2 Å². The molecule has 1 aromatic heterocycles. The highest BCUT2D eigenvalue weighted by Crippen LogP contribution is 2.48. The molecule has 1 aliphatic carbocycles.